The first-order chi connectivity index (χ1) is 30.3. The smallest absolute Gasteiger partial charge is 0.0619 e. The molecule has 1 aliphatic carbocycles. The fraction of sp³-hybridized carbons (Fsp3) is 0.0345. The Bertz CT molecular complexity index is 3490. The second-order valence-electron chi connectivity index (χ2n) is 16.0. The summed E-state index contributed by atoms with van der Waals surface area (Å²) in [6.45, 7) is 0. The Morgan fingerprint density at radius 3 is 1.62 bits per heavy atom. The van der Waals surface area contributed by atoms with Crippen LogP contribution in [-0.4, -0.2) is 9.13 Å². The van der Waals surface area contributed by atoms with E-state index in [0.717, 1.165) is 41.3 Å². The zero-order valence-electron chi connectivity index (χ0n) is 33.6. The summed E-state index contributed by atoms with van der Waals surface area (Å²) >= 11 is 0. The van der Waals surface area contributed by atoms with Crippen LogP contribution in [0.25, 0.3) is 82.5 Å². The third kappa shape index (κ3) is 5.89. The molecule has 2 aromatic heterocycles. The van der Waals surface area contributed by atoms with E-state index < -0.39 is 0 Å². The molecule has 0 spiro atoms. The van der Waals surface area contributed by atoms with Crippen molar-refractivity contribution in [3.8, 4) is 22.5 Å². The second-order valence-corrected chi connectivity index (χ2v) is 16.0. The molecule has 0 amide bonds. The lowest BCUT2D eigenvalue weighted by molar-refractivity contribution is 1.04. The van der Waals surface area contributed by atoms with Gasteiger partial charge in [-0.3, -0.25) is 0 Å². The van der Waals surface area contributed by atoms with Gasteiger partial charge in [0.2, 0.25) is 0 Å². The van der Waals surface area contributed by atoms with Crippen molar-refractivity contribution in [1.29, 1.82) is 0 Å². The molecule has 0 N–H and O–H groups in total. The Balaban J connectivity index is 0.946. The molecule has 1 aliphatic rings. The Hall–Kier alpha value is -7.88. The maximum absolute atomic E-state index is 2.43. The summed E-state index contributed by atoms with van der Waals surface area (Å²) < 4.78 is 4.81. The molecule has 3 nitrogen and oxygen atoms in total. The first-order valence-electron chi connectivity index (χ1n) is 21.2. The third-order valence-electron chi connectivity index (χ3n) is 12.5. The van der Waals surface area contributed by atoms with Crippen LogP contribution < -0.4 is 4.90 Å². The Morgan fingerprint density at radius 2 is 0.918 bits per heavy atom. The fourth-order valence-electron chi connectivity index (χ4n) is 9.64. The van der Waals surface area contributed by atoms with E-state index in [4.69, 9.17) is 0 Å². The number of aromatic nitrogens is 2. The van der Waals surface area contributed by atoms with E-state index in [1.165, 1.54) is 76.6 Å². The Morgan fingerprint density at radius 1 is 0.361 bits per heavy atom. The second kappa shape index (κ2) is 14.4. The molecule has 9 aromatic carbocycles. The Labute approximate surface area is 355 Å². The van der Waals surface area contributed by atoms with Gasteiger partial charge in [0.25, 0.3) is 0 Å². The largest absolute Gasteiger partial charge is 0.310 e. The van der Waals surface area contributed by atoms with Crippen LogP contribution in [0.2, 0.25) is 0 Å². The summed E-state index contributed by atoms with van der Waals surface area (Å²) in [4.78, 5) is 2.39. The SMILES string of the molecule is C1=CC(c2ccc(N(c3ccc(-c4ccc(-n5c6ccccc6c6ccc7ccccc7c65)cc4)cc3)c3ccc4c(c3)c3ccccc3n4-c3ccccc3)cc2)=CCC1. The summed E-state index contributed by atoms with van der Waals surface area (Å²) in [6, 6.07) is 75.5. The average molecular weight is 780 g/mol. The van der Waals surface area contributed by atoms with E-state index in [1.807, 2.05) is 0 Å². The molecule has 0 fully saturated rings. The van der Waals surface area contributed by atoms with Gasteiger partial charge in [0, 0.05) is 55.4 Å². The molecular formula is C58H41N3. The predicted molar refractivity (Wildman–Crippen MR) is 259 cm³/mol. The van der Waals surface area contributed by atoms with Crippen LogP contribution in [0.4, 0.5) is 17.1 Å². The van der Waals surface area contributed by atoms with Crippen molar-refractivity contribution >= 4 is 77.0 Å². The van der Waals surface area contributed by atoms with Gasteiger partial charge in [-0.25, -0.2) is 0 Å². The van der Waals surface area contributed by atoms with Crippen molar-refractivity contribution in [2.24, 2.45) is 0 Å². The highest BCUT2D eigenvalue weighted by Crippen LogP contribution is 2.42. The normalized spacial score (nSPS) is 12.8. The van der Waals surface area contributed by atoms with Gasteiger partial charge in [0.1, 0.15) is 0 Å². The van der Waals surface area contributed by atoms with Crippen LogP contribution >= 0.6 is 0 Å². The van der Waals surface area contributed by atoms with Gasteiger partial charge in [-0.05, 0) is 119 Å². The van der Waals surface area contributed by atoms with E-state index in [-0.39, 0.29) is 0 Å². The summed E-state index contributed by atoms with van der Waals surface area (Å²) in [6.07, 6.45) is 9.07. The third-order valence-corrected chi connectivity index (χ3v) is 12.5. The van der Waals surface area contributed by atoms with Gasteiger partial charge in [-0.15, -0.1) is 0 Å². The van der Waals surface area contributed by atoms with Gasteiger partial charge in [-0.2, -0.15) is 0 Å². The topological polar surface area (TPSA) is 13.1 Å². The molecule has 2 heterocycles. The summed E-state index contributed by atoms with van der Waals surface area (Å²) in [7, 11) is 0. The maximum Gasteiger partial charge on any atom is 0.0619 e. The van der Waals surface area contributed by atoms with Crippen LogP contribution in [0.5, 0.6) is 0 Å². The van der Waals surface area contributed by atoms with Gasteiger partial charge in [-0.1, -0.05) is 146 Å². The minimum Gasteiger partial charge on any atom is -0.310 e. The van der Waals surface area contributed by atoms with Crippen LogP contribution in [0.15, 0.2) is 224 Å². The lowest BCUT2D eigenvalue weighted by atomic mass is 9.99. The van der Waals surface area contributed by atoms with E-state index in [1.54, 1.807) is 0 Å². The highest BCUT2D eigenvalue weighted by molar-refractivity contribution is 6.18. The van der Waals surface area contributed by atoms with Gasteiger partial charge >= 0.3 is 0 Å². The van der Waals surface area contributed by atoms with E-state index in [2.05, 4.69) is 239 Å². The Kier molecular flexibility index (Phi) is 8.31. The molecule has 0 saturated heterocycles. The number of nitrogens with zero attached hydrogens (tertiary/aromatic N) is 3. The first-order valence-corrected chi connectivity index (χ1v) is 21.2. The molecule has 0 bridgehead atoms. The standard InChI is InChI=1S/C58H41N3/c1-3-13-40(14-4-1)41-23-30-46(31-24-41)59(49-36-38-57-54(39-49)52-20-10-11-21-55(52)60(57)45-16-5-2-6-17-45)47-32-25-42(26-33-47)43-27-34-48(35-28-43)61-56-22-12-9-19-51(56)53-37-29-44-15-7-8-18-50(44)58(53)61/h2-3,5-39H,1,4H2. The molecule has 0 aliphatic heterocycles. The fourth-order valence-corrected chi connectivity index (χ4v) is 9.64. The summed E-state index contributed by atoms with van der Waals surface area (Å²) in [5.74, 6) is 0. The molecule has 3 heteroatoms. The molecular weight excluding hydrogens is 739 g/mol. The minimum absolute atomic E-state index is 1.09. The van der Waals surface area contributed by atoms with Crippen LogP contribution in [-0.2, 0) is 0 Å². The van der Waals surface area contributed by atoms with Gasteiger partial charge in [0.05, 0.1) is 22.1 Å². The van der Waals surface area contributed by atoms with Crippen molar-refractivity contribution in [2.75, 3.05) is 4.90 Å². The highest BCUT2D eigenvalue weighted by atomic mass is 15.1. The predicted octanol–water partition coefficient (Wildman–Crippen LogP) is 15.9. The number of hydrogen-bond acceptors (Lipinski definition) is 1. The van der Waals surface area contributed by atoms with Crippen molar-refractivity contribution in [1.82, 2.24) is 9.13 Å². The zero-order valence-corrected chi connectivity index (χ0v) is 33.6. The summed E-state index contributed by atoms with van der Waals surface area (Å²) in [5.41, 5.74) is 15.4. The molecule has 0 atom stereocenters. The molecule has 61 heavy (non-hydrogen) atoms. The van der Waals surface area contributed by atoms with Crippen LogP contribution in [0.1, 0.15) is 18.4 Å². The maximum atomic E-state index is 2.43. The van der Waals surface area contributed by atoms with E-state index in [0.29, 0.717) is 0 Å². The van der Waals surface area contributed by atoms with Crippen molar-refractivity contribution in [2.45, 2.75) is 12.8 Å². The van der Waals surface area contributed by atoms with Crippen LogP contribution in [0.3, 0.4) is 0 Å². The molecule has 0 unspecified atom stereocenters. The average Bonchev–Trinajstić information content (AvgIpc) is 3.86. The number of anilines is 3. The number of allylic oxidation sites excluding steroid dienone is 4. The van der Waals surface area contributed by atoms with Crippen molar-refractivity contribution < 1.29 is 0 Å². The van der Waals surface area contributed by atoms with Crippen molar-refractivity contribution in [3.05, 3.63) is 230 Å². The zero-order chi connectivity index (χ0) is 40.3. The first kappa shape index (κ1) is 35.1. The van der Waals surface area contributed by atoms with E-state index >= 15 is 0 Å². The number of hydrogen-bond donors (Lipinski definition) is 0. The highest BCUT2D eigenvalue weighted by Gasteiger charge is 2.19. The quantitative estimate of drug-likeness (QED) is 0.157. The lowest BCUT2D eigenvalue weighted by Crippen LogP contribution is -2.10. The molecule has 0 saturated carbocycles. The van der Waals surface area contributed by atoms with Crippen molar-refractivity contribution in [3.63, 3.8) is 0 Å². The molecule has 0 radical (unpaired) electrons. The number of fused-ring (bicyclic) bond motifs is 8. The minimum atomic E-state index is 1.09. The van der Waals surface area contributed by atoms with E-state index in [9.17, 15) is 0 Å². The molecule has 11 aromatic rings. The van der Waals surface area contributed by atoms with Gasteiger partial charge in [0.15, 0.2) is 0 Å². The molecule has 288 valence electrons. The summed E-state index contributed by atoms with van der Waals surface area (Å²) in [5, 5.41) is 7.52. The van der Waals surface area contributed by atoms with Crippen LogP contribution in [0, 0.1) is 0 Å². The number of benzene rings is 9. The lowest BCUT2D eigenvalue weighted by Gasteiger charge is -2.26. The van der Waals surface area contributed by atoms with Gasteiger partial charge < -0.3 is 14.0 Å². The number of para-hydroxylation sites is 3. The molecule has 12 rings (SSSR count). The number of rotatable bonds is 7. The monoisotopic (exact) mass is 779 g/mol.